The van der Waals surface area contributed by atoms with E-state index in [9.17, 15) is 13.2 Å². The van der Waals surface area contributed by atoms with Gasteiger partial charge in [-0.2, -0.15) is 0 Å². The number of aromatic nitrogens is 2. The molecule has 0 aliphatic rings. The smallest absolute Gasteiger partial charge is 0.305 e. The van der Waals surface area contributed by atoms with Crippen LogP contribution in [-0.2, 0) is 19.6 Å². The molecule has 1 aromatic rings. The molecule has 0 saturated carbocycles. The van der Waals surface area contributed by atoms with Crippen LogP contribution in [0.15, 0.2) is 12.3 Å². The van der Waals surface area contributed by atoms with Crippen LogP contribution in [0.5, 0.6) is 0 Å². The van der Waals surface area contributed by atoms with E-state index in [1.54, 1.807) is 0 Å². The summed E-state index contributed by atoms with van der Waals surface area (Å²) in [5, 5.41) is 0.136. The minimum Gasteiger partial charge on any atom is -0.469 e. The van der Waals surface area contributed by atoms with Crippen molar-refractivity contribution in [3.05, 3.63) is 17.4 Å². The molecule has 18 heavy (non-hydrogen) atoms. The minimum absolute atomic E-state index is 0.0355. The van der Waals surface area contributed by atoms with E-state index in [-0.39, 0.29) is 29.7 Å². The van der Waals surface area contributed by atoms with Gasteiger partial charge in [-0.15, -0.1) is 0 Å². The summed E-state index contributed by atoms with van der Waals surface area (Å²) in [6, 6.07) is 1.43. The van der Waals surface area contributed by atoms with Gasteiger partial charge in [0.2, 0.25) is 16.0 Å². The van der Waals surface area contributed by atoms with Gasteiger partial charge in [0.1, 0.15) is 5.15 Å². The summed E-state index contributed by atoms with van der Waals surface area (Å²) in [5.74, 6) is -0.775. The number of halogens is 1. The first kappa shape index (κ1) is 14.7. The minimum atomic E-state index is -3.60. The number of ether oxygens (including phenoxy) is 1. The van der Waals surface area contributed by atoms with Crippen LogP contribution in [0.25, 0.3) is 0 Å². The van der Waals surface area contributed by atoms with Gasteiger partial charge >= 0.3 is 5.97 Å². The van der Waals surface area contributed by atoms with Gasteiger partial charge in [0.05, 0.1) is 12.9 Å². The third kappa shape index (κ3) is 5.28. The lowest BCUT2D eigenvalue weighted by molar-refractivity contribution is -0.140. The number of methoxy groups -OCH3 is 1. The molecule has 0 aliphatic carbocycles. The Balaban J connectivity index is 2.52. The fourth-order valence-corrected chi connectivity index (χ4v) is 2.22. The molecule has 1 rings (SSSR count). The van der Waals surface area contributed by atoms with E-state index in [0.29, 0.717) is 0 Å². The monoisotopic (exact) mass is 293 g/mol. The number of hydrogen-bond acceptors (Lipinski definition) is 6. The van der Waals surface area contributed by atoms with Crippen molar-refractivity contribution in [3.8, 4) is 0 Å². The maximum Gasteiger partial charge on any atom is 0.305 e. The van der Waals surface area contributed by atoms with Crippen molar-refractivity contribution in [2.45, 2.75) is 12.8 Å². The highest BCUT2D eigenvalue weighted by Gasteiger charge is 2.13. The van der Waals surface area contributed by atoms with E-state index in [4.69, 9.17) is 11.6 Å². The number of rotatable bonds is 6. The van der Waals surface area contributed by atoms with E-state index in [0.717, 1.165) is 0 Å². The first-order valence-electron chi connectivity index (χ1n) is 4.99. The van der Waals surface area contributed by atoms with Crippen LogP contribution in [-0.4, -0.2) is 37.2 Å². The van der Waals surface area contributed by atoms with Gasteiger partial charge in [-0.3, -0.25) is 9.52 Å². The lowest BCUT2D eigenvalue weighted by atomic mass is 10.3. The maximum absolute atomic E-state index is 11.6. The Morgan fingerprint density at radius 1 is 1.56 bits per heavy atom. The Labute approximate surface area is 110 Å². The molecular formula is C9H12ClN3O4S. The number of nitrogens with zero attached hydrogens (tertiary/aromatic N) is 2. The number of anilines is 1. The van der Waals surface area contributed by atoms with Crippen LogP contribution in [0, 0.1) is 0 Å². The Bertz CT molecular complexity index is 520. The number of sulfonamides is 1. The number of hydrogen-bond donors (Lipinski definition) is 1. The molecule has 7 nitrogen and oxygen atoms in total. The molecule has 0 aliphatic heterocycles. The second-order valence-electron chi connectivity index (χ2n) is 3.30. The van der Waals surface area contributed by atoms with Crippen molar-refractivity contribution < 1.29 is 17.9 Å². The van der Waals surface area contributed by atoms with Gasteiger partial charge < -0.3 is 4.74 Å². The van der Waals surface area contributed by atoms with E-state index >= 15 is 0 Å². The lowest BCUT2D eigenvalue weighted by Crippen LogP contribution is -2.19. The fourth-order valence-electron chi connectivity index (χ4n) is 1.08. The van der Waals surface area contributed by atoms with Crippen molar-refractivity contribution in [2.24, 2.45) is 0 Å². The maximum atomic E-state index is 11.6. The summed E-state index contributed by atoms with van der Waals surface area (Å²) in [4.78, 5) is 18.2. The highest BCUT2D eigenvalue weighted by Crippen LogP contribution is 2.08. The molecule has 0 unspecified atom stereocenters. The molecule has 0 amide bonds. The zero-order chi connectivity index (χ0) is 13.6. The fraction of sp³-hybridized carbons (Fsp3) is 0.444. The van der Waals surface area contributed by atoms with Crippen molar-refractivity contribution in [3.63, 3.8) is 0 Å². The molecule has 1 aromatic heterocycles. The highest BCUT2D eigenvalue weighted by molar-refractivity contribution is 7.92. The molecule has 1 N–H and O–H groups in total. The summed E-state index contributed by atoms with van der Waals surface area (Å²) in [5.41, 5.74) is 0. The quantitative estimate of drug-likeness (QED) is 0.616. The Morgan fingerprint density at radius 3 is 2.89 bits per heavy atom. The first-order valence-corrected chi connectivity index (χ1v) is 7.02. The Hall–Kier alpha value is -1.41. The molecule has 0 fully saturated rings. The summed E-state index contributed by atoms with van der Waals surface area (Å²) in [7, 11) is -2.35. The van der Waals surface area contributed by atoms with E-state index in [1.807, 2.05) is 0 Å². The third-order valence-corrected chi connectivity index (χ3v) is 3.42. The van der Waals surface area contributed by atoms with E-state index in [2.05, 4.69) is 19.4 Å². The van der Waals surface area contributed by atoms with Crippen LogP contribution in [0.1, 0.15) is 12.8 Å². The van der Waals surface area contributed by atoms with Gasteiger partial charge in [-0.05, 0) is 12.5 Å². The predicted molar refractivity (Wildman–Crippen MR) is 65.7 cm³/mol. The molecule has 100 valence electrons. The van der Waals surface area contributed by atoms with Gasteiger partial charge in [0, 0.05) is 12.6 Å². The molecule has 1 heterocycles. The van der Waals surface area contributed by atoms with Crippen molar-refractivity contribution >= 4 is 33.5 Å². The number of nitrogens with one attached hydrogen (secondary N) is 1. The summed E-state index contributed by atoms with van der Waals surface area (Å²) >= 11 is 5.59. The topological polar surface area (TPSA) is 98.2 Å². The van der Waals surface area contributed by atoms with Crippen LogP contribution >= 0.6 is 11.6 Å². The number of esters is 1. The summed E-state index contributed by atoms with van der Waals surface area (Å²) in [6.07, 6.45) is 1.53. The van der Waals surface area contributed by atoms with Crippen molar-refractivity contribution in [1.29, 1.82) is 0 Å². The van der Waals surface area contributed by atoms with Crippen LogP contribution in [0.4, 0.5) is 5.95 Å². The SMILES string of the molecule is COC(=O)CCCS(=O)(=O)Nc1nccc(Cl)n1. The van der Waals surface area contributed by atoms with Gasteiger partial charge in [0.15, 0.2) is 0 Å². The zero-order valence-electron chi connectivity index (χ0n) is 9.59. The van der Waals surface area contributed by atoms with Gasteiger partial charge in [0.25, 0.3) is 0 Å². The highest BCUT2D eigenvalue weighted by atomic mass is 35.5. The van der Waals surface area contributed by atoms with Crippen molar-refractivity contribution in [1.82, 2.24) is 9.97 Å². The molecule has 0 bridgehead atoms. The zero-order valence-corrected chi connectivity index (χ0v) is 11.2. The molecule has 9 heteroatoms. The first-order chi connectivity index (χ1) is 8.43. The Morgan fingerprint density at radius 2 is 2.28 bits per heavy atom. The van der Waals surface area contributed by atoms with E-state index < -0.39 is 16.0 Å². The average molecular weight is 294 g/mol. The molecule has 0 radical (unpaired) electrons. The predicted octanol–water partition coefficient (Wildman–Crippen LogP) is 0.825. The molecule has 0 spiro atoms. The lowest BCUT2D eigenvalue weighted by Gasteiger charge is -2.05. The van der Waals surface area contributed by atoms with Crippen LogP contribution in [0.2, 0.25) is 5.15 Å². The number of carbonyl (C=O) groups excluding carboxylic acids is 1. The number of carbonyl (C=O) groups is 1. The van der Waals surface area contributed by atoms with Crippen LogP contribution in [0.3, 0.4) is 0 Å². The average Bonchev–Trinajstić information content (AvgIpc) is 2.27. The van der Waals surface area contributed by atoms with Crippen LogP contribution < -0.4 is 4.72 Å². The molecular weight excluding hydrogens is 282 g/mol. The van der Waals surface area contributed by atoms with E-state index in [1.165, 1.54) is 19.4 Å². The second-order valence-corrected chi connectivity index (χ2v) is 5.53. The van der Waals surface area contributed by atoms with Gasteiger partial charge in [-0.25, -0.2) is 18.4 Å². The Kier molecular flexibility index (Phi) is 5.29. The molecule has 0 aromatic carbocycles. The van der Waals surface area contributed by atoms with Gasteiger partial charge in [-0.1, -0.05) is 11.6 Å². The normalized spacial score (nSPS) is 11.0. The molecule has 0 atom stereocenters. The summed E-state index contributed by atoms with van der Waals surface area (Å²) in [6.45, 7) is 0. The third-order valence-electron chi connectivity index (χ3n) is 1.89. The largest absolute Gasteiger partial charge is 0.469 e. The second kappa shape index (κ2) is 6.50. The summed E-state index contributed by atoms with van der Waals surface area (Å²) < 4.78 is 29.8. The molecule has 0 saturated heterocycles. The van der Waals surface area contributed by atoms with Crippen molar-refractivity contribution in [2.75, 3.05) is 17.6 Å². The standard InChI is InChI=1S/C9H12ClN3O4S/c1-17-8(14)3-2-6-18(15,16)13-9-11-5-4-7(10)12-9/h4-5H,2-3,6H2,1H3,(H,11,12,13).